The molecule has 0 radical (unpaired) electrons. The summed E-state index contributed by atoms with van der Waals surface area (Å²) in [6, 6.07) is 10.8. The van der Waals surface area contributed by atoms with Crippen LogP contribution in [0.25, 0.3) is 11.1 Å². The number of hydrogen-bond acceptors (Lipinski definition) is 5. The highest BCUT2D eigenvalue weighted by Crippen LogP contribution is 2.24. The molecule has 1 aliphatic rings. The molecule has 0 unspecified atom stereocenters. The number of hydrogen-bond donors (Lipinski definition) is 2. The van der Waals surface area contributed by atoms with Crippen LogP contribution in [-0.2, 0) is 14.6 Å². The Kier molecular flexibility index (Phi) is 5.41. The fraction of sp³-hybridized carbons (Fsp3) is 0.333. The minimum Gasteiger partial charge on any atom is -0.459 e. The van der Waals surface area contributed by atoms with E-state index in [1.165, 1.54) is 6.26 Å². The van der Waals surface area contributed by atoms with Gasteiger partial charge in [-0.3, -0.25) is 9.59 Å². The summed E-state index contributed by atoms with van der Waals surface area (Å²) >= 11 is 0. The topological polar surface area (TPSA) is 105 Å². The van der Waals surface area contributed by atoms with Crippen molar-refractivity contribution >= 4 is 21.7 Å². The number of benzene rings is 1. The largest absolute Gasteiger partial charge is 0.459 e. The Balaban J connectivity index is 1.49. The number of carbonyl (C=O) groups excluding carboxylic acids is 2. The zero-order chi connectivity index (χ0) is 18.6. The van der Waals surface area contributed by atoms with Gasteiger partial charge >= 0.3 is 0 Å². The number of furan rings is 1. The molecule has 2 aromatic rings. The monoisotopic (exact) mass is 376 g/mol. The first-order valence-corrected chi connectivity index (χ1v) is 10.2. The van der Waals surface area contributed by atoms with Gasteiger partial charge < -0.3 is 15.1 Å². The highest BCUT2D eigenvalue weighted by atomic mass is 32.2. The molecule has 2 N–H and O–H groups in total. The van der Waals surface area contributed by atoms with Gasteiger partial charge in [-0.1, -0.05) is 30.3 Å². The van der Waals surface area contributed by atoms with Crippen molar-refractivity contribution in [1.29, 1.82) is 0 Å². The summed E-state index contributed by atoms with van der Waals surface area (Å²) < 4.78 is 28.1. The van der Waals surface area contributed by atoms with Crippen LogP contribution in [0.2, 0.25) is 0 Å². The van der Waals surface area contributed by atoms with Gasteiger partial charge in [-0.25, -0.2) is 8.42 Å². The quantitative estimate of drug-likeness (QED) is 0.792. The Morgan fingerprint density at radius 1 is 1.15 bits per heavy atom. The number of carbonyl (C=O) groups is 2. The van der Waals surface area contributed by atoms with Crippen LogP contribution in [0.15, 0.2) is 47.1 Å². The molecule has 0 saturated carbocycles. The summed E-state index contributed by atoms with van der Waals surface area (Å²) in [5, 5.41) is 5.34. The Morgan fingerprint density at radius 2 is 1.92 bits per heavy atom. The molecule has 1 atom stereocenters. The highest BCUT2D eigenvalue weighted by molar-refractivity contribution is 7.91. The molecule has 0 aliphatic carbocycles. The van der Waals surface area contributed by atoms with Crippen molar-refractivity contribution in [2.75, 3.05) is 18.1 Å². The maximum atomic E-state index is 12.3. The van der Waals surface area contributed by atoms with Crippen molar-refractivity contribution in [3.63, 3.8) is 0 Å². The van der Waals surface area contributed by atoms with Crippen LogP contribution in [-0.4, -0.2) is 44.3 Å². The zero-order valence-corrected chi connectivity index (χ0v) is 14.9. The minimum absolute atomic E-state index is 0.0159. The molecule has 1 saturated heterocycles. The van der Waals surface area contributed by atoms with Crippen LogP contribution in [0.5, 0.6) is 0 Å². The number of nitrogens with one attached hydrogen (secondary N) is 2. The van der Waals surface area contributed by atoms with Crippen molar-refractivity contribution in [3.8, 4) is 11.1 Å². The second-order valence-electron chi connectivity index (χ2n) is 6.20. The van der Waals surface area contributed by atoms with Gasteiger partial charge in [0.15, 0.2) is 15.6 Å². The van der Waals surface area contributed by atoms with E-state index in [-0.39, 0.29) is 42.2 Å². The molecule has 26 heavy (non-hydrogen) atoms. The smallest absolute Gasteiger partial charge is 0.287 e. The van der Waals surface area contributed by atoms with Crippen LogP contribution in [0.3, 0.4) is 0 Å². The molecular formula is C18H20N2O5S. The van der Waals surface area contributed by atoms with Gasteiger partial charge in [0.25, 0.3) is 5.91 Å². The number of amides is 2. The second kappa shape index (κ2) is 7.74. The van der Waals surface area contributed by atoms with E-state index < -0.39 is 15.7 Å². The van der Waals surface area contributed by atoms with E-state index in [9.17, 15) is 18.0 Å². The summed E-state index contributed by atoms with van der Waals surface area (Å²) in [6.45, 7) is 0.138. The minimum atomic E-state index is -3.03. The number of sulfone groups is 1. The zero-order valence-electron chi connectivity index (χ0n) is 14.1. The average molecular weight is 376 g/mol. The summed E-state index contributed by atoms with van der Waals surface area (Å²) in [4.78, 5) is 24.2. The molecule has 3 rings (SSSR count). The molecule has 1 aromatic carbocycles. The Labute approximate surface area is 151 Å². The first-order chi connectivity index (χ1) is 12.4. The standard InChI is InChI=1S/C18H20N2O5S/c21-16(20-14-8-11-26(23,24)12-14)6-9-19-18(22)17-15(7-10-25-17)13-4-2-1-3-5-13/h1-5,7,10,14H,6,8-9,11-12H2,(H,19,22)(H,20,21)/t14-/m1/s1. The predicted molar refractivity (Wildman–Crippen MR) is 96.3 cm³/mol. The van der Waals surface area contributed by atoms with Gasteiger partial charge in [0, 0.05) is 24.6 Å². The second-order valence-corrected chi connectivity index (χ2v) is 8.43. The van der Waals surface area contributed by atoms with E-state index in [1.807, 2.05) is 30.3 Å². The lowest BCUT2D eigenvalue weighted by Gasteiger charge is -2.11. The first kappa shape index (κ1) is 18.2. The maximum Gasteiger partial charge on any atom is 0.287 e. The molecule has 1 aromatic heterocycles. The van der Waals surface area contributed by atoms with E-state index in [1.54, 1.807) is 6.07 Å². The lowest BCUT2D eigenvalue weighted by Crippen LogP contribution is -2.37. The third kappa shape index (κ3) is 4.51. The van der Waals surface area contributed by atoms with Gasteiger partial charge in [-0.05, 0) is 18.1 Å². The molecule has 0 spiro atoms. The maximum absolute atomic E-state index is 12.3. The molecule has 8 heteroatoms. The third-order valence-electron chi connectivity index (χ3n) is 4.19. The molecule has 2 amide bonds. The summed E-state index contributed by atoms with van der Waals surface area (Å²) in [7, 11) is -3.03. The fourth-order valence-corrected chi connectivity index (χ4v) is 4.58. The third-order valence-corrected chi connectivity index (χ3v) is 5.96. The van der Waals surface area contributed by atoms with Crippen molar-refractivity contribution in [1.82, 2.24) is 10.6 Å². The molecule has 138 valence electrons. The SMILES string of the molecule is O=C(CCNC(=O)c1occc1-c1ccccc1)N[C@@H]1CCS(=O)(=O)C1. The van der Waals surface area contributed by atoms with E-state index in [4.69, 9.17) is 4.42 Å². The van der Waals surface area contributed by atoms with Crippen LogP contribution in [0.1, 0.15) is 23.4 Å². The molecule has 7 nitrogen and oxygen atoms in total. The summed E-state index contributed by atoms with van der Waals surface area (Å²) in [6.07, 6.45) is 1.96. The molecule has 0 bridgehead atoms. The first-order valence-electron chi connectivity index (χ1n) is 8.35. The molecule has 1 aliphatic heterocycles. The molecular weight excluding hydrogens is 356 g/mol. The van der Waals surface area contributed by atoms with Crippen molar-refractivity contribution in [3.05, 3.63) is 48.4 Å². The van der Waals surface area contributed by atoms with E-state index in [0.717, 1.165) is 5.56 Å². The van der Waals surface area contributed by atoms with Crippen molar-refractivity contribution < 1.29 is 22.4 Å². The lowest BCUT2D eigenvalue weighted by atomic mass is 10.1. The van der Waals surface area contributed by atoms with Gasteiger partial charge in [-0.15, -0.1) is 0 Å². The van der Waals surface area contributed by atoms with Crippen LogP contribution >= 0.6 is 0 Å². The van der Waals surface area contributed by atoms with Crippen molar-refractivity contribution in [2.45, 2.75) is 18.9 Å². The highest BCUT2D eigenvalue weighted by Gasteiger charge is 2.28. The predicted octanol–water partition coefficient (Wildman–Crippen LogP) is 1.37. The van der Waals surface area contributed by atoms with Crippen LogP contribution < -0.4 is 10.6 Å². The van der Waals surface area contributed by atoms with E-state index in [0.29, 0.717) is 12.0 Å². The Bertz CT molecular complexity index is 889. The van der Waals surface area contributed by atoms with Gasteiger partial charge in [0.2, 0.25) is 5.91 Å². The Hall–Kier alpha value is -2.61. The fourth-order valence-electron chi connectivity index (χ4n) is 2.91. The van der Waals surface area contributed by atoms with E-state index >= 15 is 0 Å². The van der Waals surface area contributed by atoms with Crippen molar-refractivity contribution in [2.24, 2.45) is 0 Å². The summed E-state index contributed by atoms with van der Waals surface area (Å²) in [5.41, 5.74) is 1.55. The Morgan fingerprint density at radius 3 is 2.62 bits per heavy atom. The van der Waals surface area contributed by atoms with E-state index in [2.05, 4.69) is 10.6 Å². The van der Waals surface area contributed by atoms with Gasteiger partial charge in [-0.2, -0.15) is 0 Å². The molecule has 1 fully saturated rings. The average Bonchev–Trinajstić information content (AvgIpc) is 3.22. The summed E-state index contributed by atoms with van der Waals surface area (Å²) in [5.74, 6) is -0.397. The van der Waals surface area contributed by atoms with Gasteiger partial charge in [0.05, 0.1) is 17.8 Å². The molecule has 2 heterocycles. The van der Waals surface area contributed by atoms with Gasteiger partial charge in [0.1, 0.15) is 0 Å². The lowest BCUT2D eigenvalue weighted by molar-refractivity contribution is -0.121. The van der Waals surface area contributed by atoms with Crippen LogP contribution in [0.4, 0.5) is 0 Å². The van der Waals surface area contributed by atoms with Crippen LogP contribution in [0, 0.1) is 0 Å². The number of rotatable bonds is 6. The normalized spacial score (nSPS) is 18.4.